The van der Waals surface area contributed by atoms with Gasteiger partial charge in [-0.15, -0.1) is 0 Å². The lowest BCUT2D eigenvalue weighted by Crippen LogP contribution is -2.60. The molecule has 0 bridgehead atoms. The van der Waals surface area contributed by atoms with E-state index in [4.69, 9.17) is 10.5 Å². The zero-order valence-corrected chi connectivity index (χ0v) is 7.51. The van der Waals surface area contributed by atoms with Crippen molar-refractivity contribution in [3.63, 3.8) is 0 Å². The van der Waals surface area contributed by atoms with Gasteiger partial charge in [0.2, 0.25) is 0 Å². The van der Waals surface area contributed by atoms with Crippen molar-refractivity contribution < 1.29 is 4.74 Å². The Morgan fingerprint density at radius 1 is 1.42 bits per heavy atom. The van der Waals surface area contributed by atoms with Crippen molar-refractivity contribution in [1.29, 1.82) is 0 Å². The Morgan fingerprint density at radius 2 is 2.33 bits per heavy atom. The molecule has 0 amide bonds. The number of hydrogen-bond donors (Lipinski definition) is 2. The highest BCUT2D eigenvalue weighted by molar-refractivity contribution is 4.97. The van der Waals surface area contributed by atoms with Gasteiger partial charge in [0.15, 0.2) is 0 Å². The molecule has 0 aromatic rings. The highest BCUT2D eigenvalue weighted by Crippen LogP contribution is 2.29. The zero-order chi connectivity index (χ0) is 8.44. The van der Waals surface area contributed by atoms with Crippen molar-refractivity contribution in [2.75, 3.05) is 19.7 Å². The van der Waals surface area contributed by atoms with Crippen molar-refractivity contribution in [2.24, 2.45) is 5.73 Å². The summed E-state index contributed by atoms with van der Waals surface area (Å²) in [5, 5.41) is 3.37. The van der Waals surface area contributed by atoms with Gasteiger partial charge in [-0.3, -0.25) is 0 Å². The Balaban J connectivity index is 2.04. The second kappa shape index (κ2) is 3.32. The third-order valence-electron chi connectivity index (χ3n) is 3.10. The zero-order valence-electron chi connectivity index (χ0n) is 7.51. The maximum atomic E-state index is 6.08. The van der Waals surface area contributed by atoms with Crippen LogP contribution in [0, 0.1) is 0 Å². The predicted molar refractivity (Wildman–Crippen MR) is 48.0 cm³/mol. The first kappa shape index (κ1) is 8.48. The molecule has 2 atom stereocenters. The lowest BCUT2D eigenvalue weighted by Gasteiger charge is -2.44. The fourth-order valence-electron chi connectivity index (χ4n) is 2.29. The van der Waals surface area contributed by atoms with Gasteiger partial charge in [0, 0.05) is 19.2 Å². The van der Waals surface area contributed by atoms with Gasteiger partial charge in [-0.25, -0.2) is 0 Å². The maximum Gasteiger partial charge on any atom is 0.0956 e. The number of nitrogens with one attached hydrogen (secondary N) is 1. The molecule has 2 aliphatic heterocycles. The van der Waals surface area contributed by atoms with Crippen molar-refractivity contribution in [3.8, 4) is 0 Å². The van der Waals surface area contributed by atoms with Crippen LogP contribution >= 0.6 is 0 Å². The minimum absolute atomic E-state index is 0.0174. The smallest absolute Gasteiger partial charge is 0.0956 e. The summed E-state index contributed by atoms with van der Waals surface area (Å²) in [6, 6.07) is 0.249. The molecule has 3 nitrogen and oxygen atoms in total. The van der Waals surface area contributed by atoms with Crippen LogP contribution in [0.1, 0.15) is 25.7 Å². The molecule has 0 unspecified atom stereocenters. The fraction of sp³-hybridized carbons (Fsp3) is 1.00. The molecular formula is C9H18N2O. The molecule has 2 saturated heterocycles. The summed E-state index contributed by atoms with van der Waals surface area (Å²) in [6.45, 7) is 2.97. The van der Waals surface area contributed by atoms with Gasteiger partial charge in [-0.05, 0) is 32.2 Å². The van der Waals surface area contributed by atoms with Crippen molar-refractivity contribution in [3.05, 3.63) is 0 Å². The molecule has 0 saturated carbocycles. The summed E-state index contributed by atoms with van der Waals surface area (Å²) >= 11 is 0. The van der Waals surface area contributed by atoms with Gasteiger partial charge >= 0.3 is 0 Å². The lowest BCUT2D eigenvalue weighted by atomic mass is 9.83. The van der Waals surface area contributed by atoms with Gasteiger partial charge in [0.1, 0.15) is 0 Å². The Labute approximate surface area is 73.7 Å². The summed E-state index contributed by atoms with van der Waals surface area (Å²) in [4.78, 5) is 0. The quantitative estimate of drug-likeness (QED) is 0.547. The molecule has 0 aromatic carbocycles. The molecule has 12 heavy (non-hydrogen) atoms. The average molecular weight is 170 g/mol. The van der Waals surface area contributed by atoms with E-state index in [1.807, 2.05) is 0 Å². The van der Waals surface area contributed by atoms with E-state index in [1.54, 1.807) is 0 Å². The SMILES string of the molecule is N[C@@H]1CCCO[C@@]12CCCNC2. The third-order valence-corrected chi connectivity index (χ3v) is 3.10. The van der Waals surface area contributed by atoms with Gasteiger partial charge < -0.3 is 15.8 Å². The topological polar surface area (TPSA) is 47.3 Å². The van der Waals surface area contributed by atoms with E-state index in [1.165, 1.54) is 6.42 Å². The summed E-state index contributed by atoms with van der Waals surface area (Å²) in [5.74, 6) is 0. The fourth-order valence-corrected chi connectivity index (χ4v) is 2.29. The van der Waals surface area contributed by atoms with Crippen LogP contribution in [-0.2, 0) is 4.74 Å². The van der Waals surface area contributed by atoms with E-state index in [-0.39, 0.29) is 11.6 Å². The summed E-state index contributed by atoms with van der Waals surface area (Å²) < 4.78 is 5.83. The summed E-state index contributed by atoms with van der Waals surface area (Å²) in [7, 11) is 0. The molecule has 2 aliphatic rings. The number of hydrogen-bond acceptors (Lipinski definition) is 3. The molecule has 1 spiro atoms. The van der Waals surface area contributed by atoms with Gasteiger partial charge in [0.05, 0.1) is 5.60 Å². The monoisotopic (exact) mass is 170 g/mol. The Hall–Kier alpha value is -0.120. The van der Waals surface area contributed by atoms with E-state index in [9.17, 15) is 0 Å². The van der Waals surface area contributed by atoms with E-state index in [0.717, 1.165) is 39.0 Å². The van der Waals surface area contributed by atoms with Gasteiger partial charge in [0.25, 0.3) is 0 Å². The third kappa shape index (κ3) is 1.37. The molecule has 0 aliphatic carbocycles. The van der Waals surface area contributed by atoms with Crippen LogP contribution in [0.25, 0.3) is 0 Å². The molecule has 3 N–H and O–H groups in total. The van der Waals surface area contributed by atoms with Crippen LogP contribution in [0.15, 0.2) is 0 Å². The molecule has 0 radical (unpaired) electrons. The second-order valence-electron chi connectivity index (χ2n) is 3.94. The first-order valence-corrected chi connectivity index (χ1v) is 4.94. The highest BCUT2D eigenvalue weighted by Gasteiger charge is 2.40. The molecule has 2 fully saturated rings. The molecule has 2 rings (SSSR count). The van der Waals surface area contributed by atoms with E-state index < -0.39 is 0 Å². The van der Waals surface area contributed by atoms with E-state index in [0.29, 0.717) is 0 Å². The molecule has 70 valence electrons. The van der Waals surface area contributed by atoms with Gasteiger partial charge in [-0.2, -0.15) is 0 Å². The molecular weight excluding hydrogens is 152 g/mol. The Bertz CT molecular complexity index is 146. The number of piperidine rings is 1. The molecule has 0 aromatic heterocycles. The summed E-state index contributed by atoms with van der Waals surface area (Å²) in [6.07, 6.45) is 4.60. The largest absolute Gasteiger partial charge is 0.372 e. The molecule has 2 heterocycles. The first-order chi connectivity index (χ1) is 5.83. The Kier molecular flexibility index (Phi) is 2.35. The highest BCUT2D eigenvalue weighted by atomic mass is 16.5. The number of nitrogens with two attached hydrogens (primary N) is 1. The second-order valence-corrected chi connectivity index (χ2v) is 3.94. The normalized spacial score (nSPS) is 43.2. The van der Waals surface area contributed by atoms with Crippen LogP contribution in [-0.4, -0.2) is 31.3 Å². The van der Waals surface area contributed by atoms with Crippen molar-refractivity contribution >= 4 is 0 Å². The Morgan fingerprint density at radius 3 is 3.00 bits per heavy atom. The molecule has 3 heteroatoms. The van der Waals surface area contributed by atoms with Crippen LogP contribution in [0.2, 0.25) is 0 Å². The van der Waals surface area contributed by atoms with Crippen LogP contribution < -0.4 is 11.1 Å². The standard InChI is InChI=1S/C9H18N2O/c10-8-3-1-6-12-9(8)4-2-5-11-7-9/h8,11H,1-7,10H2/t8-,9-/m1/s1. The van der Waals surface area contributed by atoms with Crippen molar-refractivity contribution in [1.82, 2.24) is 5.32 Å². The minimum Gasteiger partial charge on any atom is -0.372 e. The van der Waals surface area contributed by atoms with Crippen LogP contribution in [0.5, 0.6) is 0 Å². The van der Waals surface area contributed by atoms with Crippen LogP contribution in [0.4, 0.5) is 0 Å². The maximum absolute atomic E-state index is 6.08. The van der Waals surface area contributed by atoms with E-state index >= 15 is 0 Å². The average Bonchev–Trinajstić information content (AvgIpc) is 2.12. The predicted octanol–water partition coefficient (Wildman–Crippen LogP) is 0.246. The van der Waals surface area contributed by atoms with E-state index in [2.05, 4.69) is 5.32 Å². The summed E-state index contributed by atoms with van der Waals surface area (Å²) in [5.41, 5.74) is 6.06. The minimum atomic E-state index is -0.0174. The number of ether oxygens (including phenoxy) is 1. The number of rotatable bonds is 0. The van der Waals surface area contributed by atoms with Gasteiger partial charge in [-0.1, -0.05) is 0 Å². The lowest BCUT2D eigenvalue weighted by molar-refractivity contribution is -0.103. The van der Waals surface area contributed by atoms with Crippen molar-refractivity contribution in [2.45, 2.75) is 37.3 Å². The van der Waals surface area contributed by atoms with Crippen LogP contribution in [0.3, 0.4) is 0 Å². The first-order valence-electron chi connectivity index (χ1n) is 4.94.